The largest absolute Gasteiger partial charge is 0.397 e. The monoisotopic (exact) mass is 302 g/mol. The lowest BCUT2D eigenvalue weighted by molar-refractivity contribution is 0.512. The number of hydrogen-bond acceptors (Lipinski definition) is 4. The molecule has 2 aromatic rings. The number of rotatable bonds is 4. The van der Waals surface area contributed by atoms with Gasteiger partial charge in [0.05, 0.1) is 12.0 Å². The van der Waals surface area contributed by atoms with E-state index >= 15 is 0 Å². The first-order valence-electron chi connectivity index (χ1n) is 5.63. The highest BCUT2D eigenvalue weighted by atomic mass is 32.2. The first kappa shape index (κ1) is 14.3. The topological polar surface area (TPSA) is 90.0 Å². The van der Waals surface area contributed by atoms with Gasteiger partial charge >= 0.3 is 0 Å². The molecule has 0 aliphatic rings. The molecular weight excluding hydrogens is 290 g/mol. The van der Waals surface area contributed by atoms with Gasteiger partial charge in [-0.2, -0.15) is 8.42 Å². The third-order valence-electron chi connectivity index (χ3n) is 2.61. The number of hydrogen-bond donors (Lipinski definition) is 2. The molecule has 9 heteroatoms. The predicted molar refractivity (Wildman–Crippen MR) is 69.5 cm³/mol. The van der Waals surface area contributed by atoms with Gasteiger partial charge in [-0.15, -0.1) is 0 Å². The number of nitrogens with two attached hydrogens (primary N) is 1. The minimum absolute atomic E-state index is 0.220. The Kier molecular flexibility index (Phi) is 3.62. The molecule has 1 aromatic heterocycles. The second-order valence-corrected chi connectivity index (χ2v) is 5.60. The Morgan fingerprint density at radius 2 is 2.10 bits per heavy atom. The van der Waals surface area contributed by atoms with Gasteiger partial charge in [-0.1, -0.05) is 0 Å². The van der Waals surface area contributed by atoms with E-state index in [0.717, 1.165) is 12.1 Å². The molecule has 0 spiro atoms. The molecule has 0 aliphatic carbocycles. The van der Waals surface area contributed by atoms with Gasteiger partial charge < -0.3 is 10.3 Å². The van der Waals surface area contributed by atoms with Crippen molar-refractivity contribution in [1.29, 1.82) is 0 Å². The molecule has 108 valence electrons. The van der Waals surface area contributed by atoms with E-state index in [1.54, 1.807) is 6.92 Å². The predicted octanol–water partition coefficient (Wildman–Crippen LogP) is 1.56. The van der Waals surface area contributed by atoms with E-state index in [0.29, 0.717) is 6.54 Å². The van der Waals surface area contributed by atoms with E-state index < -0.39 is 27.3 Å². The van der Waals surface area contributed by atoms with Crippen LogP contribution in [0.25, 0.3) is 0 Å². The van der Waals surface area contributed by atoms with Gasteiger partial charge in [-0.3, -0.25) is 4.72 Å². The number of halogens is 2. The lowest BCUT2D eigenvalue weighted by Crippen LogP contribution is -2.16. The Morgan fingerprint density at radius 1 is 1.40 bits per heavy atom. The van der Waals surface area contributed by atoms with Gasteiger partial charge in [0.25, 0.3) is 10.0 Å². The van der Waals surface area contributed by atoms with Crippen LogP contribution in [0, 0.1) is 11.6 Å². The van der Waals surface area contributed by atoms with Crippen molar-refractivity contribution in [2.24, 2.45) is 0 Å². The molecule has 0 unspecified atom stereocenters. The normalized spacial score (nSPS) is 11.6. The molecule has 0 radical (unpaired) electrons. The number of benzene rings is 1. The second-order valence-electron chi connectivity index (χ2n) is 3.97. The minimum Gasteiger partial charge on any atom is -0.397 e. The highest BCUT2D eigenvalue weighted by Gasteiger charge is 2.22. The van der Waals surface area contributed by atoms with Crippen molar-refractivity contribution in [2.45, 2.75) is 18.5 Å². The molecule has 1 aromatic carbocycles. The van der Waals surface area contributed by atoms with Crippen LogP contribution in [0.4, 0.5) is 20.2 Å². The maximum atomic E-state index is 13.6. The van der Waals surface area contributed by atoms with Crippen LogP contribution in [0.3, 0.4) is 0 Å². The summed E-state index contributed by atoms with van der Waals surface area (Å²) in [6, 6.07) is 1.88. The lowest BCUT2D eigenvalue weighted by atomic mass is 10.2. The van der Waals surface area contributed by atoms with Gasteiger partial charge in [0.2, 0.25) is 0 Å². The average Bonchev–Trinajstić information content (AvgIpc) is 2.89. The molecule has 0 bridgehead atoms. The molecule has 20 heavy (non-hydrogen) atoms. The molecular formula is C11H12F2N4O2S. The Morgan fingerprint density at radius 3 is 2.70 bits per heavy atom. The van der Waals surface area contributed by atoms with Crippen molar-refractivity contribution in [3.05, 3.63) is 36.3 Å². The number of nitrogens with zero attached hydrogens (tertiary/aromatic N) is 2. The summed E-state index contributed by atoms with van der Waals surface area (Å²) in [5.41, 5.74) is 4.60. The number of nitrogen functional groups attached to an aromatic ring is 1. The highest BCUT2D eigenvalue weighted by molar-refractivity contribution is 7.92. The SMILES string of the molecule is CCn1cnc(S(=O)(=O)Nc2c(N)ccc(F)c2F)c1. The molecule has 0 saturated heterocycles. The lowest BCUT2D eigenvalue weighted by Gasteiger charge is -2.10. The molecule has 6 nitrogen and oxygen atoms in total. The Bertz CT molecular complexity index is 743. The molecule has 0 saturated carbocycles. The molecule has 0 aliphatic heterocycles. The third kappa shape index (κ3) is 2.57. The molecule has 0 fully saturated rings. The van der Waals surface area contributed by atoms with Crippen LogP contribution in [-0.4, -0.2) is 18.0 Å². The summed E-state index contributed by atoms with van der Waals surface area (Å²) in [4.78, 5) is 3.69. The van der Waals surface area contributed by atoms with Crippen LogP contribution >= 0.6 is 0 Å². The van der Waals surface area contributed by atoms with Gasteiger partial charge in [0, 0.05) is 12.7 Å². The summed E-state index contributed by atoms with van der Waals surface area (Å²) in [6.07, 6.45) is 2.59. The van der Waals surface area contributed by atoms with E-state index in [4.69, 9.17) is 5.73 Å². The van der Waals surface area contributed by atoms with Crippen molar-refractivity contribution in [2.75, 3.05) is 10.5 Å². The van der Waals surface area contributed by atoms with Crippen molar-refractivity contribution >= 4 is 21.4 Å². The number of anilines is 2. The van der Waals surface area contributed by atoms with Crippen LogP contribution in [0.1, 0.15) is 6.92 Å². The molecule has 3 N–H and O–H groups in total. The van der Waals surface area contributed by atoms with Gasteiger partial charge in [-0.05, 0) is 19.1 Å². The van der Waals surface area contributed by atoms with E-state index in [2.05, 4.69) is 4.98 Å². The Hall–Kier alpha value is -2.16. The quantitative estimate of drug-likeness (QED) is 0.839. The fraction of sp³-hybridized carbons (Fsp3) is 0.182. The Labute approximate surface area is 114 Å². The number of nitrogens with one attached hydrogen (secondary N) is 1. The zero-order valence-electron chi connectivity index (χ0n) is 10.5. The van der Waals surface area contributed by atoms with Crippen LogP contribution in [0.15, 0.2) is 29.7 Å². The van der Waals surface area contributed by atoms with Crippen LogP contribution in [0.2, 0.25) is 0 Å². The summed E-state index contributed by atoms with van der Waals surface area (Å²) < 4.78 is 54.1. The molecule has 0 atom stereocenters. The maximum absolute atomic E-state index is 13.6. The molecule has 2 rings (SSSR count). The van der Waals surface area contributed by atoms with E-state index in [1.807, 2.05) is 4.72 Å². The van der Waals surface area contributed by atoms with E-state index in [1.165, 1.54) is 17.1 Å². The smallest absolute Gasteiger partial charge is 0.281 e. The number of aromatic nitrogens is 2. The van der Waals surface area contributed by atoms with Gasteiger partial charge in [0.1, 0.15) is 5.69 Å². The fourth-order valence-electron chi connectivity index (χ4n) is 1.51. The zero-order chi connectivity index (χ0) is 14.9. The number of imidazole rings is 1. The van der Waals surface area contributed by atoms with Crippen molar-refractivity contribution in [3.8, 4) is 0 Å². The van der Waals surface area contributed by atoms with Gasteiger partial charge in [0.15, 0.2) is 16.7 Å². The standard InChI is InChI=1S/C11H12F2N4O2S/c1-2-17-5-9(15-6-17)20(18,19)16-11-8(14)4-3-7(12)10(11)13/h3-6,16H,2,14H2,1H3. The molecule has 0 amide bonds. The summed E-state index contributed by atoms with van der Waals surface area (Å²) in [7, 11) is -4.13. The fourth-order valence-corrected chi connectivity index (χ4v) is 2.55. The Balaban J connectivity index is 2.41. The number of aryl methyl sites for hydroxylation is 1. The van der Waals surface area contributed by atoms with Crippen LogP contribution < -0.4 is 10.5 Å². The van der Waals surface area contributed by atoms with E-state index in [9.17, 15) is 17.2 Å². The average molecular weight is 302 g/mol. The summed E-state index contributed by atoms with van der Waals surface area (Å²) in [5.74, 6) is -2.56. The van der Waals surface area contributed by atoms with E-state index in [-0.39, 0.29) is 10.7 Å². The zero-order valence-corrected chi connectivity index (χ0v) is 11.3. The summed E-state index contributed by atoms with van der Waals surface area (Å²) >= 11 is 0. The van der Waals surface area contributed by atoms with Crippen molar-refractivity contribution < 1.29 is 17.2 Å². The maximum Gasteiger partial charge on any atom is 0.281 e. The summed E-state index contributed by atoms with van der Waals surface area (Å²) in [6.45, 7) is 2.33. The summed E-state index contributed by atoms with van der Waals surface area (Å²) in [5, 5.41) is -0.303. The van der Waals surface area contributed by atoms with Crippen LogP contribution in [-0.2, 0) is 16.6 Å². The first-order valence-corrected chi connectivity index (χ1v) is 7.11. The first-order chi connectivity index (χ1) is 9.35. The highest BCUT2D eigenvalue weighted by Crippen LogP contribution is 2.26. The van der Waals surface area contributed by atoms with Crippen molar-refractivity contribution in [3.63, 3.8) is 0 Å². The number of sulfonamides is 1. The molecule has 1 heterocycles. The minimum atomic E-state index is -4.13. The third-order valence-corrected chi connectivity index (χ3v) is 3.85. The van der Waals surface area contributed by atoms with Gasteiger partial charge in [-0.25, -0.2) is 13.8 Å². The second kappa shape index (κ2) is 5.08. The van der Waals surface area contributed by atoms with Crippen LogP contribution in [0.5, 0.6) is 0 Å². The van der Waals surface area contributed by atoms with Crippen molar-refractivity contribution in [1.82, 2.24) is 9.55 Å².